The van der Waals surface area contributed by atoms with Gasteiger partial charge in [0.2, 0.25) is 0 Å². The molecule has 0 saturated heterocycles. The van der Waals surface area contributed by atoms with Crippen molar-refractivity contribution in [2.24, 2.45) is 0 Å². The first-order valence-corrected chi connectivity index (χ1v) is 7.64. The van der Waals surface area contributed by atoms with Crippen LogP contribution < -0.4 is 24.3 Å². The highest BCUT2D eigenvalue weighted by Crippen LogP contribution is 2.30. The van der Waals surface area contributed by atoms with Gasteiger partial charge in [0.25, 0.3) is 5.91 Å². The minimum atomic E-state index is -0.384. The number of rotatable bonds is 8. The first kappa shape index (κ1) is 17.4. The van der Waals surface area contributed by atoms with Gasteiger partial charge in [-0.05, 0) is 32.0 Å². The number of hydrogen-bond acceptors (Lipinski definition) is 5. The predicted molar refractivity (Wildman–Crippen MR) is 88.3 cm³/mol. The lowest BCUT2D eigenvalue weighted by molar-refractivity contribution is -0.612. The Bertz CT molecular complexity index is 690. The average molecular weight is 332 g/mol. The summed E-state index contributed by atoms with van der Waals surface area (Å²) in [5, 5.41) is 14.1. The van der Waals surface area contributed by atoms with Gasteiger partial charge in [-0.15, -0.1) is 4.73 Å². The molecule has 24 heavy (non-hydrogen) atoms. The van der Waals surface area contributed by atoms with E-state index in [0.29, 0.717) is 35.1 Å². The van der Waals surface area contributed by atoms with Crippen LogP contribution in [0.15, 0.2) is 42.6 Å². The second-order valence-electron chi connectivity index (χ2n) is 4.73. The number of anilines is 1. The normalized spacial score (nSPS) is 10.1. The highest BCUT2D eigenvalue weighted by molar-refractivity contribution is 5.92. The minimum Gasteiger partial charge on any atom is -0.616 e. The average Bonchev–Trinajstić information content (AvgIpc) is 2.57. The van der Waals surface area contributed by atoms with Crippen LogP contribution in [0.3, 0.4) is 0 Å². The molecule has 0 fully saturated rings. The van der Waals surface area contributed by atoms with Crippen molar-refractivity contribution < 1.29 is 23.7 Å². The number of benzene rings is 1. The summed E-state index contributed by atoms with van der Waals surface area (Å²) >= 11 is 0. The molecule has 1 aromatic heterocycles. The van der Waals surface area contributed by atoms with Gasteiger partial charge in [0, 0.05) is 17.8 Å². The zero-order valence-corrected chi connectivity index (χ0v) is 13.7. The number of pyridine rings is 1. The Morgan fingerprint density at radius 1 is 1.08 bits per heavy atom. The summed E-state index contributed by atoms with van der Waals surface area (Å²) in [6.45, 7) is 4.48. The van der Waals surface area contributed by atoms with Crippen molar-refractivity contribution in [3.05, 3.63) is 47.8 Å². The van der Waals surface area contributed by atoms with Gasteiger partial charge >= 0.3 is 5.88 Å². The van der Waals surface area contributed by atoms with Crippen molar-refractivity contribution >= 4 is 11.6 Å². The lowest BCUT2D eigenvalue weighted by Gasteiger charge is -2.13. The third-order valence-electron chi connectivity index (χ3n) is 2.97. The van der Waals surface area contributed by atoms with Crippen molar-refractivity contribution in [1.29, 1.82) is 0 Å². The van der Waals surface area contributed by atoms with E-state index in [1.54, 1.807) is 30.3 Å². The standard InChI is InChI=1S/C17H20N2O5/c1-3-22-14-9-8-13(11-15(14)23-4-2)18-16(20)12-24-17-7-5-6-10-19(17)21/h5-11H,3-4,12H2,1-2H3,(H,18,20). The fourth-order valence-corrected chi connectivity index (χ4v) is 1.99. The second-order valence-corrected chi connectivity index (χ2v) is 4.73. The lowest BCUT2D eigenvalue weighted by atomic mass is 10.2. The van der Waals surface area contributed by atoms with E-state index in [2.05, 4.69) is 5.32 Å². The predicted octanol–water partition coefficient (Wildman–Crippen LogP) is 2.13. The number of nitrogens with zero attached hydrogens (tertiary/aromatic N) is 1. The van der Waals surface area contributed by atoms with Gasteiger partial charge in [0.15, 0.2) is 24.3 Å². The highest BCUT2D eigenvalue weighted by Gasteiger charge is 2.11. The van der Waals surface area contributed by atoms with Gasteiger partial charge in [-0.2, -0.15) is 0 Å². The number of carbonyl (C=O) groups excluding carboxylic acids is 1. The molecule has 0 aliphatic rings. The zero-order valence-electron chi connectivity index (χ0n) is 13.7. The quantitative estimate of drug-likeness (QED) is 0.591. The molecule has 0 atom stereocenters. The fraction of sp³-hybridized carbons (Fsp3) is 0.294. The molecule has 0 unspecified atom stereocenters. The van der Waals surface area contributed by atoms with Gasteiger partial charge in [-0.1, -0.05) is 0 Å². The molecule has 0 spiro atoms. The van der Waals surface area contributed by atoms with Crippen molar-refractivity contribution in [3.8, 4) is 17.4 Å². The first-order chi connectivity index (χ1) is 11.6. The maximum atomic E-state index is 12.0. The Morgan fingerprint density at radius 2 is 1.83 bits per heavy atom. The molecule has 1 heterocycles. The maximum Gasteiger partial charge on any atom is 0.379 e. The van der Waals surface area contributed by atoms with E-state index in [1.165, 1.54) is 12.3 Å². The van der Waals surface area contributed by atoms with Crippen molar-refractivity contribution in [1.82, 2.24) is 0 Å². The molecule has 0 aliphatic heterocycles. The molecule has 0 bridgehead atoms. The van der Waals surface area contributed by atoms with E-state index in [1.807, 2.05) is 13.8 Å². The molecule has 0 aliphatic carbocycles. The van der Waals surface area contributed by atoms with Crippen LogP contribution in [0.4, 0.5) is 5.69 Å². The number of nitrogens with one attached hydrogen (secondary N) is 1. The second kappa shape index (κ2) is 8.61. The molecule has 7 heteroatoms. The van der Waals surface area contributed by atoms with Gasteiger partial charge in [0.1, 0.15) is 0 Å². The highest BCUT2D eigenvalue weighted by atomic mass is 16.6. The van der Waals surface area contributed by atoms with Crippen LogP contribution in [0.2, 0.25) is 0 Å². The van der Waals surface area contributed by atoms with E-state index in [4.69, 9.17) is 14.2 Å². The zero-order chi connectivity index (χ0) is 17.4. The Balaban J connectivity index is 1.98. The van der Waals surface area contributed by atoms with Crippen LogP contribution in [-0.4, -0.2) is 25.7 Å². The Labute approximate surface area is 140 Å². The number of ether oxygens (including phenoxy) is 3. The summed E-state index contributed by atoms with van der Waals surface area (Å²) in [6, 6.07) is 9.85. The molecule has 128 valence electrons. The number of aromatic nitrogens is 1. The Kier molecular flexibility index (Phi) is 6.24. The largest absolute Gasteiger partial charge is 0.616 e. The third-order valence-corrected chi connectivity index (χ3v) is 2.97. The third kappa shape index (κ3) is 4.77. The van der Waals surface area contributed by atoms with Crippen LogP contribution in [0.25, 0.3) is 0 Å². The van der Waals surface area contributed by atoms with Crippen molar-refractivity contribution in [2.45, 2.75) is 13.8 Å². The molecule has 1 N–H and O–H groups in total. The van der Waals surface area contributed by atoms with E-state index in [-0.39, 0.29) is 18.4 Å². The topological polar surface area (TPSA) is 83.7 Å². The summed E-state index contributed by atoms with van der Waals surface area (Å²) in [7, 11) is 0. The summed E-state index contributed by atoms with van der Waals surface area (Å²) in [5.41, 5.74) is 0.554. The van der Waals surface area contributed by atoms with Gasteiger partial charge < -0.3 is 24.7 Å². The number of amides is 1. The molecular weight excluding hydrogens is 312 g/mol. The summed E-state index contributed by atoms with van der Waals surface area (Å²) in [6.07, 6.45) is 1.30. The molecule has 7 nitrogen and oxygen atoms in total. The molecule has 0 radical (unpaired) electrons. The minimum absolute atomic E-state index is 0.0642. The van der Waals surface area contributed by atoms with Gasteiger partial charge in [0.05, 0.1) is 19.3 Å². The van der Waals surface area contributed by atoms with E-state index >= 15 is 0 Å². The Hall–Kier alpha value is -2.96. The fourth-order valence-electron chi connectivity index (χ4n) is 1.99. The van der Waals surface area contributed by atoms with Crippen LogP contribution in [0.5, 0.6) is 17.4 Å². The van der Waals surface area contributed by atoms with Gasteiger partial charge in [-0.3, -0.25) is 4.79 Å². The number of carbonyl (C=O) groups is 1. The van der Waals surface area contributed by atoms with Crippen molar-refractivity contribution in [2.75, 3.05) is 25.1 Å². The molecule has 2 aromatic rings. The molecule has 1 amide bonds. The molecule has 0 saturated carbocycles. The van der Waals surface area contributed by atoms with E-state index in [0.717, 1.165) is 0 Å². The molecule has 1 aromatic carbocycles. The summed E-state index contributed by atoms with van der Waals surface area (Å²) < 4.78 is 16.7. The van der Waals surface area contributed by atoms with E-state index < -0.39 is 0 Å². The number of hydrogen-bond donors (Lipinski definition) is 1. The van der Waals surface area contributed by atoms with Crippen molar-refractivity contribution in [3.63, 3.8) is 0 Å². The first-order valence-electron chi connectivity index (χ1n) is 7.64. The van der Waals surface area contributed by atoms with Crippen LogP contribution in [0, 0.1) is 5.21 Å². The molecule has 2 rings (SSSR count). The molecular formula is C17H20N2O5. The summed E-state index contributed by atoms with van der Waals surface area (Å²) in [5.74, 6) is 0.851. The monoisotopic (exact) mass is 332 g/mol. The SMILES string of the molecule is CCOc1ccc(NC(=O)COc2cccc[n+]2[O-])cc1OCC. The Morgan fingerprint density at radius 3 is 2.54 bits per heavy atom. The van der Waals surface area contributed by atoms with Gasteiger partial charge in [-0.25, -0.2) is 0 Å². The van der Waals surface area contributed by atoms with Crippen LogP contribution in [-0.2, 0) is 4.79 Å². The lowest BCUT2D eigenvalue weighted by Crippen LogP contribution is -2.30. The van der Waals surface area contributed by atoms with E-state index in [9.17, 15) is 10.0 Å². The van der Waals surface area contributed by atoms with Crippen LogP contribution >= 0.6 is 0 Å². The van der Waals surface area contributed by atoms with Crippen LogP contribution in [0.1, 0.15) is 13.8 Å². The summed E-state index contributed by atoms with van der Waals surface area (Å²) in [4.78, 5) is 12.0. The smallest absolute Gasteiger partial charge is 0.379 e. The maximum absolute atomic E-state index is 12.0.